The highest BCUT2D eigenvalue weighted by Gasteiger charge is 2.26. The van der Waals surface area contributed by atoms with Crippen LogP contribution in [0.25, 0.3) is 0 Å². The first-order valence-corrected chi connectivity index (χ1v) is 12.4. The molecule has 2 aliphatic heterocycles. The fraction of sp³-hybridized carbons (Fsp3) is 0.417. The third-order valence-electron chi connectivity index (χ3n) is 5.67. The first-order chi connectivity index (χ1) is 16.1. The van der Waals surface area contributed by atoms with E-state index in [0.29, 0.717) is 29.3 Å². The fourth-order valence-electron chi connectivity index (χ4n) is 3.86. The minimum atomic E-state index is -0.393. The van der Waals surface area contributed by atoms with Crippen LogP contribution < -0.4 is 16.0 Å². The standard InChI is InChI=1S/C24H29FN4O3S/c25-19-4-1-3-17(13-19)15-33-16-22-24(31)28-21-14-18(5-6-20(21)27-22)23(30)26-7-2-8-29-9-11-32-12-10-29/h1,3-6,13-14,22,27H,2,7-12,15-16H2,(H,26,30)(H,28,31). The van der Waals surface area contributed by atoms with E-state index in [0.717, 1.165) is 50.5 Å². The maximum atomic E-state index is 13.3. The Morgan fingerprint density at radius 3 is 2.85 bits per heavy atom. The van der Waals surface area contributed by atoms with Crippen LogP contribution in [0.2, 0.25) is 0 Å². The molecule has 4 rings (SSSR count). The normalized spacial score (nSPS) is 18.2. The van der Waals surface area contributed by atoms with Crippen molar-refractivity contribution >= 4 is 35.0 Å². The molecule has 3 N–H and O–H groups in total. The Labute approximate surface area is 197 Å². The van der Waals surface area contributed by atoms with Crippen LogP contribution in [-0.2, 0) is 15.3 Å². The number of anilines is 2. The number of ether oxygens (including phenoxy) is 1. The lowest BCUT2D eigenvalue weighted by atomic mass is 10.1. The Morgan fingerprint density at radius 2 is 2.03 bits per heavy atom. The first-order valence-electron chi connectivity index (χ1n) is 11.2. The van der Waals surface area contributed by atoms with Crippen molar-refractivity contribution in [3.63, 3.8) is 0 Å². The number of carbonyl (C=O) groups is 2. The molecule has 2 amide bonds. The van der Waals surface area contributed by atoms with Crippen LogP contribution in [0.3, 0.4) is 0 Å². The highest BCUT2D eigenvalue weighted by Crippen LogP contribution is 2.29. The van der Waals surface area contributed by atoms with Crippen LogP contribution >= 0.6 is 11.8 Å². The zero-order valence-electron chi connectivity index (χ0n) is 18.4. The van der Waals surface area contributed by atoms with Gasteiger partial charge in [-0.1, -0.05) is 12.1 Å². The number of fused-ring (bicyclic) bond motifs is 1. The lowest BCUT2D eigenvalue weighted by molar-refractivity contribution is -0.116. The third-order valence-corrected chi connectivity index (χ3v) is 6.77. The number of amides is 2. The Bertz CT molecular complexity index is 984. The molecule has 2 aromatic rings. The van der Waals surface area contributed by atoms with Gasteiger partial charge in [0.25, 0.3) is 5.91 Å². The molecule has 1 unspecified atom stereocenters. The number of benzene rings is 2. The number of halogens is 1. The molecule has 2 aromatic carbocycles. The number of hydrogen-bond donors (Lipinski definition) is 3. The Morgan fingerprint density at radius 1 is 1.18 bits per heavy atom. The average Bonchev–Trinajstić information content (AvgIpc) is 2.82. The van der Waals surface area contributed by atoms with Crippen molar-refractivity contribution in [2.45, 2.75) is 18.2 Å². The molecule has 0 radical (unpaired) electrons. The highest BCUT2D eigenvalue weighted by atomic mass is 32.2. The first kappa shape index (κ1) is 23.5. The second-order valence-electron chi connectivity index (χ2n) is 8.16. The van der Waals surface area contributed by atoms with Gasteiger partial charge in [0.05, 0.1) is 24.6 Å². The summed E-state index contributed by atoms with van der Waals surface area (Å²) in [6, 6.07) is 11.4. The molecule has 0 bridgehead atoms. The summed E-state index contributed by atoms with van der Waals surface area (Å²) in [4.78, 5) is 27.4. The number of hydrogen-bond acceptors (Lipinski definition) is 6. The van der Waals surface area contributed by atoms with Gasteiger partial charge in [-0.05, 0) is 48.9 Å². The summed E-state index contributed by atoms with van der Waals surface area (Å²) in [7, 11) is 0. The number of nitrogens with zero attached hydrogens (tertiary/aromatic N) is 1. The maximum Gasteiger partial charge on any atom is 0.251 e. The van der Waals surface area contributed by atoms with Gasteiger partial charge in [-0.15, -0.1) is 0 Å². The third kappa shape index (κ3) is 6.69. The molecule has 1 saturated heterocycles. The summed E-state index contributed by atoms with van der Waals surface area (Å²) in [5.41, 5.74) is 2.79. The molecule has 9 heteroatoms. The predicted octanol–water partition coefficient (Wildman–Crippen LogP) is 2.94. The maximum absolute atomic E-state index is 13.3. The molecule has 1 atom stereocenters. The van der Waals surface area contributed by atoms with Gasteiger partial charge in [-0.3, -0.25) is 14.5 Å². The fourth-order valence-corrected chi connectivity index (χ4v) is 4.86. The summed E-state index contributed by atoms with van der Waals surface area (Å²) >= 11 is 1.56. The zero-order chi connectivity index (χ0) is 23.0. The van der Waals surface area contributed by atoms with E-state index in [-0.39, 0.29) is 17.6 Å². The lowest BCUT2D eigenvalue weighted by Gasteiger charge is -2.27. The molecule has 1 fully saturated rings. The number of morpholine rings is 1. The van der Waals surface area contributed by atoms with Gasteiger partial charge in [-0.2, -0.15) is 11.8 Å². The smallest absolute Gasteiger partial charge is 0.251 e. The van der Waals surface area contributed by atoms with Gasteiger partial charge in [-0.25, -0.2) is 4.39 Å². The monoisotopic (exact) mass is 472 g/mol. The summed E-state index contributed by atoms with van der Waals surface area (Å²) in [5.74, 6) is 0.625. The van der Waals surface area contributed by atoms with Gasteiger partial charge in [0.2, 0.25) is 5.91 Å². The SMILES string of the molecule is O=C(NCCCN1CCOCC1)c1ccc2c(c1)NC(=O)C(CSCc1cccc(F)c1)N2. The quantitative estimate of drug-likeness (QED) is 0.487. The van der Waals surface area contributed by atoms with E-state index in [2.05, 4.69) is 20.9 Å². The number of nitrogens with one attached hydrogen (secondary N) is 3. The van der Waals surface area contributed by atoms with Crippen molar-refractivity contribution in [2.75, 3.05) is 55.8 Å². The topological polar surface area (TPSA) is 82.7 Å². The van der Waals surface area contributed by atoms with Crippen LogP contribution in [0.1, 0.15) is 22.3 Å². The van der Waals surface area contributed by atoms with Crippen LogP contribution in [0, 0.1) is 5.82 Å². The molecule has 0 aromatic heterocycles. The summed E-state index contributed by atoms with van der Waals surface area (Å²) < 4.78 is 18.7. The summed E-state index contributed by atoms with van der Waals surface area (Å²) in [5, 5.41) is 9.10. The minimum Gasteiger partial charge on any atom is -0.379 e. The Kier molecular flexibility index (Phi) is 8.20. The molecule has 2 aliphatic rings. The van der Waals surface area contributed by atoms with Crippen LogP contribution in [0.15, 0.2) is 42.5 Å². The predicted molar refractivity (Wildman–Crippen MR) is 129 cm³/mol. The summed E-state index contributed by atoms with van der Waals surface area (Å²) in [6.45, 7) is 4.96. The number of rotatable bonds is 9. The second-order valence-corrected chi connectivity index (χ2v) is 9.19. The second kappa shape index (κ2) is 11.5. The lowest BCUT2D eigenvalue weighted by Crippen LogP contribution is -2.40. The molecule has 2 heterocycles. The van der Waals surface area contributed by atoms with E-state index in [1.54, 1.807) is 30.0 Å². The van der Waals surface area contributed by atoms with Crippen LogP contribution in [0.5, 0.6) is 0 Å². The molecular weight excluding hydrogens is 443 g/mol. The van der Waals surface area contributed by atoms with Crippen molar-refractivity contribution < 1.29 is 18.7 Å². The molecule has 33 heavy (non-hydrogen) atoms. The van der Waals surface area contributed by atoms with Crippen LogP contribution in [-0.4, -0.2) is 67.9 Å². The van der Waals surface area contributed by atoms with E-state index in [1.165, 1.54) is 12.1 Å². The van der Waals surface area contributed by atoms with Crippen molar-refractivity contribution in [3.8, 4) is 0 Å². The molecule has 176 valence electrons. The number of thioether (sulfide) groups is 1. The van der Waals surface area contributed by atoms with Gasteiger partial charge in [0.15, 0.2) is 0 Å². The van der Waals surface area contributed by atoms with E-state index < -0.39 is 6.04 Å². The molecule has 7 nitrogen and oxygen atoms in total. The molecular formula is C24H29FN4O3S. The average molecular weight is 473 g/mol. The van der Waals surface area contributed by atoms with Crippen molar-refractivity contribution in [1.82, 2.24) is 10.2 Å². The Balaban J connectivity index is 1.24. The summed E-state index contributed by atoms with van der Waals surface area (Å²) in [6.07, 6.45) is 0.879. The van der Waals surface area contributed by atoms with Crippen molar-refractivity contribution in [1.29, 1.82) is 0 Å². The highest BCUT2D eigenvalue weighted by molar-refractivity contribution is 7.98. The van der Waals surface area contributed by atoms with E-state index in [1.807, 2.05) is 12.1 Å². The van der Waals surface area contributed by atoms with Gasteiger partial charge in [0.1, 0.15) is 11.9 Å². The molecule has 0 saturated carbocycles. The Hall–Kier alpha value is -2.62. The van der Waals surface area contributed by atoms with Gasteiger partial charge >= 0.3 is 0 Å². The van der Waals surface area contributed by atoms with E-state index in [4.69, 9.17) is 4.74 Å². The van der Waals surface area contributed by atoms with Gasteiger partial charge in [0, 0.05) is 36.7 Å². The van der Waals surface area contributed by atoms with Crippen molar-refractivity contribution in [3.05, 3.63) is 59.4 Å². The molecule has 0 spiro atoms. The van der Waals surface area contributed by atoms with Crippen molar-refractivity contribution in [2.24, 2.45) is 0 Å². The zero-order valence-corrected chi connectivity index (χ0v) is 19.3. The number of carbonyl (C=O) groups excluding carboxylic acids is 2. The minimum absolute atomic E-state index is 0.141. The van der Waals surface area contributed by atoms with Crippen LogP contribution in [0.4, 0.5) is 15.8 Å². The van der Waals surface area contributed by atoms with Gasteiger partial charge < -0.3 is 20.7 Å². The van der Waals surface area contributed by atoms with E-state index >= 15 is 0 Å². The molecule has 0 aliphatic carbocycles. The van der Waals surface area contributed by atoms with E-state index in [9.17, 15) is 14.0 Å². The largest absolute Gasteiger partial charge is 0.379 e.